The molecule has 1 aromatic heterocycles. The van der Waals surface area contributed by atoms with Crippen molar-refractivity contribution in [2.45, 2.75) is 26.4 Å². The number of hydrogen-bond donors (Lipinski definition) is 1. The molecule has 1 N–H and O–H groups in total. The largest absolute Gasteiger partial charge is 0.497 e. The van der Waals surface area contributed by atoms with Gasteiger partial charge in [0.25, 0.3) is 0 Å². The van der Waals surface area contributed by atoms with Crippen LogP contribution in [0.4, 0.5) is 5.69 Å². The number of methoxy groups -OCH3 is 1. The van der Waals surface area contributed by atoms with Gasteiger partial charge >= 0.3 is 0 Å². The van der Waals surface area contributed by atoms with Gasteiger partial charge in [0.05, 0.1) is 30.0 Å². The summed E-state index contributed by atoms with van der Waals surface area (Å²) >= 11 is 12.2. The van der Waals surface area contributed by atoms with Gasteiger partial charge < -0.3 is 10.1 Å². The molecule has 1 unspecified atom stereocenters. The Bertz CT molecular complexity index is 932. The molecule has 0 aliphatic carbocycles. The van der Waals surface area contributed by atoms with Crippen LogP contribution in [0.2, 0.25) is 5.02 Å². The number of fused-ring (bicyclic) bond motifs is 2. The first-order valence-electron chi connectivity index (χ1n) is 9.24. The molecule has 0 radical (unpaired) electrons. The number of pyridine rings is 1. The van der Waals surface area contributed by atoms with E-state index in [9.17, 15) is 0 Å². The topological polar surface area (TPSA) is 37.4 Å². The Labute approximate surface area is 170 Å². The predicted octanol–water partition coefficient (Wildman–Crippen LogP) is 5.76. The quantitative estimate of drug-likeness (QED) is 0.293. The Morgan fingerprint density at radius 1 is 1.11 bits per heavy atom. The number of hydrogen-bond acceptors (Lipinski definition) is 4. The highest BCUT2D eigenvalue weighted by Crippen LogP contribution is 2.35. The number of nitrogens with one attached hydrogen (secondary N) is 1. The first kappa shape index (κ1) is 20.0. The normalized spacial score (nSPS) is 12.7. The molecule has 1 heterocycles. The maximum absolute atomic E-state index is 6.21. The summed E-state index contributed by atoms with van der Waals surface area (Å²) in [4.78, 5) is 7.14. The van der Waals surface area contributed by atoms with E-state index in [1.165, 1.54) is 0 Å². The summed E-state index contributed by atoms with van der Waals surface area (Å²) in [6, 6.07) is 11.8. The van der Waals surface area contributed by atoms with Crippen LogP contribution < -0.4 is 10.1 Å². The molecule has 0 spiro atoms. The highest BCUT2D eigenvalue weighted by atomic mass is 35.5. The number of benzene rings is 2. The van der Waals surface area contributed by atoms with Gasteiger partial charge in [0, 0.05) is 28.2 Å². The molecule has 0 bridgehead atoms. The van der Waals surface area contributed by atoms with Crippen molar-refractivity contribution in [3.63, 3.8) is 0 Å². The fraction of sp³-hybridized carbons (Fsp3) is 0.381. The monoisotopic (exact) mass is 405 g/mol. The van der Waals surface area contributed by atoms with Crippen LogP contribution in [-0.4, -0.2) is 42.1 Å². The number of alkyl halides is 1. The first-order chi connectivity index (χ1) is 13.1. The third-order valence-electron chi connectivity index (χ3n) is 4.86. The molecule has 4 nitrogen and oxygen atoms in total. The first-order valence-corrected chi connectivity index (χ1v) is 10.2. The molecular formula is C21H25Cl2N3O. The van der Waals surface area contributed by atoms with E-state index in [-0.39, 0.29) is 6.17 Å². The van der Waals surface area contributed by atoms with Gasteiger partial charge in [-0.05, 0) is 49.4 Å². The van der Waals surface area contributed by atoms with Gasteiger partial charge in [-0.1, -0.05) is 25.4 Å². The number of ether oxygens (including phenoxy) is 1. The third-order valence-corrected chi connectivity index (χ3v) is 5.26. The predicted molar refractivity (Wildman–Crippen MR) is 116 cm³/mol. The van der Waals surface area contributed by atoms with Crippen molar-refractivity contribution >= 4 is 50.7 Å². The average Bonchev–Trinajstić information content (AvgIpc) is 2.69. The van der Waals surface area contributed by atoms with Gasteiger partial charge in [-0.3, -0.25) is 4.90 Å². The lowest BCUT2D eigenvalue weighted by Crippen LogP contribution is -2.41. The number of aromatic nitrogens is 1. The molecule has 0 fully saturated rings. The number of nitrogens with zero attached hydrogens (tertiary/aromatic N) is 2. The Kier molecular flexibility index (Phi) is 6.64. The van der Waals surface area contributed by atoms with Gasteiger partial charge in [0.15, 0.2) is 0 Å². The van der Waals surface area contributed by atoms with Gasteiger partial charge in [-0.25, -0.2) is 4.98 Å². The van der Waals surface area contributed by atoms with E-state index in [4.69, 9.17) is 32.9 Å². The summed E-state index contributed by atoms with van der Waals surface area (Å²) in [5, 5.41) is 6.50. The van der Waals surface area contributed by atoms with Gasteiger partial charge in [-0.2, -0.15) is 0 Å². The number of halogens is 2. The lowest BCUT2D eigenvalue weighted by atomic mass is 10.1. The second-order valence-corrected chi connectivity index (χ2v) is 7.23. The maximum atomic E-state index is 6.21. The van der Waals surface area contributed by atoms with Crippen molar-refractivity contribution in [3.05, 3.63) is 41.4 Å². The molecule has 2 aromatic carbocycles. The molecule has 0 saturated carbocycles. The molecule has 3 aromatic rings. The standard InChI is InChI=1S/C21H25Cl2N3O/c1-4-20(26(5-2)11-10-22)25-21-16-8-6-14(23)12-19(16)24-18-9-7-15(27-3)13-17(18)21/h6-9,12-13,20H,4-5,10-11H2,1-3H3,(H,24,25). The molecule has 0 amide bonds. The Hall–Kier alpha value is -1.75. The number of anilines is 1. The Morgan fingerprint density at radius 2 is 1.93 bits per heavy atom. The lowest BCUT2D eigenvalue weighted by Gasteiger charge is -2.31. The summed E-state index contributed by atoms with van der Waals surface area (Å²) in [5.41, 5.74) is 2.83. The second kappa shape index (κ2) is 8.96. The third kappa shape index (κ3) is 4.23. The van der Waals surface area contributed by atoms with Crippen molar-refractivity contribution in [3.8, 4) is 5.75 Å². The van der Waals surface area contributed by atoms with E-state index < -0.39 is 0 Å². The van der Waals surface area contributed by atoms with Crippen LogP contribution in [0.15, 0.2) is 36.4 Å². The highest BCUT2D eigenvalue weighted by Gasteiger charge is 2.18. The van der Waals surface area contributed by atoms with E-state index in [0.717, 1.165) is 52.8 Å². The summed E-state index contributed by atoms with van der Waals surface area (Å²) in [5.74, 6) is 1.41. The Balaban J connectivity index is 2.19. The van der Waals surface area contributed by atoms with E-state index in [2.05, 4.69) is 24.1 Å². The molecule has 0 aliphatic heterocycles. The van der Waals surface area contributed by atoms with E-state index >= 15 is 0 Å². The minimum absolute atomic E-state index is 0.171. The van der Waals surface area contributed by atoms with E-state index in [0.29, 0.717) is 10.9 Å². The van der Waals surface area contributed by atoms with E-state index in [1.54, 1.807) is 7.11 Å². The van der Waals surface area contributed by atoms with E-state index in [1.807, 2.05) is 36.4 Å². The zero-order chi connectivity index (χ0) is 19.4. The summed E-state index contributed by atoms with van der Waals surface area (Å²) in [7, 11) is 1.68. The van der Waals surface area contributed by atoms with Crippen LogP contribution in [0.3, 0.4) is 0 Å². The van der Waals surface area contributed by atoms with Gasteiger partial charge in [0.2, 0.25) is 0 Å². The molecular weight excluding hydrogens is 381 g/mol. The summed E-state index contributed by atoms with van der Waals surface area (Å²) in [6.07, 6.45) is 1.12. The SMILES string of the molecule is CCC(Nc1c2ccc(Cl)cc2nc2ccc(OC)cc12)N(CC)CCCl. The number of rotatable bonds is 8. The van der Waals surface area contributed by atoms with Crippen LogP contribution in [0.5, 0.6) is 5.75 Å². The van der Waals surface area contributed by atoms with Crippen molar-refractivity contribution in [2.75, 3.05) is 31.4 Å². The van der Waals surface area contributed by atoms with Crippen LogP contribution in [-0.2, 0) is 0 Å². The van der Waals surface area contributed by atoms with Crippen LogP contribution in [0.1, 0.15) is 20.3 Å². The van der Waals surface area contributed by atoms with Gasteiger partial charge in [-0.15, -0.1) is 11.6 Å². The molecule has 0 aliphatic rings. The minimum Gasteiger partial charge on any atom is -0.497 e. The summed E-state index contributed by atoms with van der Waals surface area (Å²) in [6.45, 7) is 6.09. The highest BCUT2D eigenvalue weighted by molar-refractivity contribution is 6.31. The van der Waals surface area contributed by atoms with Crippen molar-refractivity contribution in [1.82, 2.24) is 9.88 Å². The van der Waals surface area contributed by atoms with Crippen LogP contribution in [0.25, 0.3) is 21.8 Å². The molecule has 144 valence electrons. The second-order valence-electron chi connectivity index (χ2n) is 6.42. The minimum atomic E-state index is 0.171. The summed E-state index contributed by atoms with van der Waals surface area (Å²) < 4.78 is 5.44. The zero-order valence-corrected chi connectivity index (χ0v) is 17.4. The van der Waals surface area contributed by atoms with Crippen LogP contribution in [0, 0.1) is 0 Å². The zero-order valence-electron chi connectivity index (χ0n) is 15.9. The molecule has 6 heteroatoms. The fourth-order valence-electron chi connectivity index (χ4n) is 3.44. The molecule has 1 atom stereocenters. The average molecular weight is 406 g/mol. The Morgan fingerprint density at radius 3 is 2.59 bits per heavy atom. The maximum Gasteiger partial charge on any atom is 0.119 e. The fourth-order valence-corrected chi connectivity index (χ4v) is 3.82. The smallest absolute Gasteiger partial charge is 0.119 e. The molecule has 3 rings (SSSR count). The van der Waals surface area contributed by atoms with Crippen molar-refractivity contribution in [1.29, 1.82) is 0 Å². The van der Waals surface area contributed by atoms with Crippen LogP contribution >= 0.6 is 23.2 Å². The van der Waals surface area contributed by atoms with Crippen molar-refractivity contribution in [2.24, 2.45) is 0 Å². The van der Waals surface area contributed by atoms with Gasteiger partial charge in [0.1, 0.15) is 5.75 Å². The lowest BCUT2D eigenvalue weighted by molar-refractivity contribution is 0.235. The van der Waals surface area contributed by atoms with Crippen molar-refractivity contribution < 1.29 is 4.74 Å². The molecule has 27 heavy (non-hydrogen) atoms. The molecule has 0 saturated heterocycles.